The molecule has 1 N–H and O–H groups in total. The summed E-state index contributed by atoms with van der Waals surface area (Å²) in [6.07, 6.45) is 5.48. The average molecular weight is 294 g/mol. The van der Waals surface area contributed by atoms with Crippen molar-refractivity contribution >= 4 is 0 Å². The molecule has 21 heavy (non-hydrogen) atoms. The number of nitrogens with one attached hydrogen (secondary N) is 1. The summed E-state index contributed by atoms with van der Waals surface area (Å²) in [5, 5.41) is 3.48. The van der Waals surface area contributed by atoms with Crippen molar-refractivity contribution in [1.82, 2.24) is 10.3 Å². The molecule has 0 saturated heterocycles. The van der Waals surface area contributed by atoms with Crippen LogP contribution in [0.2, 0.25) is 0 Å². The first kappa shape index (κ1) is 16.4. The standard InChI is InChI=1S/C16H26N2O3/c1-19-7-2-8-20-9-10-21-13-16-4-3-14(12-18-16)11-17-15-5-6-15/h3-4,12,15,17H,2,5-11,13H2,1H3. The largest absolute Gasteiger partial charge is 0.385 e. The second-order valence-corrected chi connectivity index (χ2v) is 5.32. The summed E-state index contributed by atoms with van der Waals surface area (Å²) in [5.41, 5.74) is 2.19. The maximum absolute atomic E-state index is 5.54. The lowest BCUT2D eigenvalue weighted by molar-refractivity contribution is 0.0327. The summed E-state index contributed by atoms with van der Waals surface area (Å²) in [6, 6.07) is 4.88. The van der Waals surface area contributed by atoms with E-state index in [9.17, 15) is 0 Å². The van der Waals surface area contributed by atoms with E-state index in [1.54, 1.807) is 7.11 Å². The van der Waals surface area contributed by atoms with Crippen LogP contribution in [0.1, 0.15) is 30.5 Å². The number of hydrogen-bond acceptors (Lipinski definition) is 5. The molecule has 1 fully saturated rings. The first-order valence-corrected chi connectivity index (χ1v) is 7.70. The maximum Gasteiger partial charge on any atom is 0.0889 e. The lowest BCUT2D eigenvalue weighted by Crippen LogP contribution is -2.15. The number of hydrogen-bond donors (Lipinski definition) is 1. The van der Waals surface area contributed by atoms with Crippen LogP contribution in [0.15, 0.2) is 18.3 Å². The summed E-state index contributed by atoms with van der Waals surface area (Å²) >= 11 is 0. The van der Waals surface area contributed by atoms with Gasteiger partial charge in [-0.25, -0.2) is 0 Å². The van der Waals surface area contributed by atoms with Crippen LogP contribution in [0, 0.1) is 0 Å². The molecule has 118 valence electrons. The molecule has 0 aliphatic heterocycles. The SMILES string of the molecule is COCCCOCCOCc1ccc(CNC2CC2)cn1. The normalized spacial score (nSPS) is 14.5. The summed E-state index contributed by atoms with van der Waals surface area (Å²) in [7, 11) is 1.70. The molecule has 0 bridgehead atoms. The van der Waals surface area contributed by atoms with E-state index < -0.39 is 0 Å². The van der Waals surface area contributed by atoms with Crippen molar-refractivity contribution < 1.29 is 14.2 Å². The molecule has 1 aromatic heterocycles. The van der Waals surface area contributed by atoms with Gasteiger partial charge in [0, 0.05) is 39.1 Å². The van der Waals surface area contributed by atoms with Gasteiger partial charge in [-0.1, -0.05) is 6.07 Å². The Hall–Kier alpha value is -1.01. The number of rotatable bonds is 12. The molecule has 1 heterocycles. The molecule has 1 aliphatic rings. The zero-order valence-electron chi connectivity index (χ0n) is 12.8. The van der Waals surface area contributed by atoms with Crippen LogP contribution in [0.3, 0.4) is 0 Å². The van der Waals surface area contributed by atoms with Crippen molar-refractivity contribution in [2.24, 2.45) is 0 Å². The Morgan fingerprint density at radius 3 is 2.71 bits per heavy atom. The second kappa shape index (κ2) is 9.84. The van der Waals surface area contributed by atoms with Gasteiger partial charge in [0.1, 0.15) is 0 Å². The highest BCUT2D eigenvalue weighted by Gasteiger charge is 2.19. The molecule has 0 unspecified atom stereocenters. The topological polar surface area (TPSA) is 52.6 Å². The third-order valence-corrected chi connectivity index (χ3v) is 3.32. The monoisotopic (exact) mass is 294 g/mol. The van der Waals surface area contributed by atoms with Gasteiger partial charge in [-0.2, -0.15) is 0 Å². The minimum atomic E-state index is 0.539. The van der Waals surface area contributed by atoms with Crippen LogP contribution in [0.4, 0.5) is 0 Å². The highest BCUT2D eigenvalue weighted by Crippen LogP contribution is 2.19. The molecule has 2 rings (SSSR count). The minimum absolute atomic E-state index is 0.539. The molecule has 0 aromatic carbocycles. The summed E-state index contributed by atoms with van der Waals surface area (Å²) in [6.45, 7) is 4.13. The number of methoxy groups -OCH3 is 1. The molecule has 5 heteroatoms. The van der Waals surface area contributed by atoms with Crippen molar-refractivity contribution in [3.8, 4) is 0 Å². The van der Waals surface area contributed by atoms with Gasteiger partial charge < -0.3 is 19.5 Å². The predicted molar refractivity (Wildman–Crippen MR) is 81.1 cm³/mol. The third-order valence-electron chi connectivity index (χ3n) is 3.32. The fraction of sp³-hybridized carbons (Fsp3) is 0.688. The van der Waals surface area contributed by atoms with Crippen LogP contribution >= 0.6 is 0 Å². The molecular formula is C16H26N2O3. The number of ether oxygens (including phenoxy) is 3. The van der Waals surface area contributed by atoms with Crippen molar-refractivity contribution in [3.63, 3.8) is 0 Å². The molecule has 1 aromatic rings. The zero-order valence-corrected chi connectivity index (χ0v) is 12.8. The van der Waals surface area contributed by atoms with Crippen molar-refractivity contribution in [3.05, 3.63) is 29.6 Å². The van der Waals surface area contributed by atoms with Crippen LogP contribution in [-0.2, 0) is 27.4 Å². The molecule has 0 amide bonds. The van der Waals surface area contributed by atoms with Gasteiger partial charge in [0.05, 0.1) is 25.5 Å². The number of pyridine rings is 1. The molecular weight excluding hydrogens is 268 g/mol. The Morgan fingerprint density at radius 2 is 2.00 bits per heavy atom. The van der Waals surface area contributed by atoms with Crippen molar-refractivity contribution in [2.45, 2.75) is 38.5 Å². The van der Waals surface area contributed by atoms with Gasteiger partial charge >= 0.3 is 0 Å². The van der Waals surface area contributed by atoms with Crippen LogP contribution in [0.25, 0.3) is 0 Å². The van der Waals surface area contributed by atoms with Crippen molar-refractivity contribution in [2.75, 3.05) is 33.5 Å². The van der Waals surface area contributed by atoms with Gasteiger partial charge in [0.15, 0.2) is 0 Å². The third kappa shape index (κ3) is 7.52. The molecule has 5 nitrogen and oxygen atoms in total. The summed E-state index contributed by atoms with van der Waals surface area (Å²) in [5.74, 6) is 0. The first-order chi connectivity index (χ1) is 10.4. The Kier molecular flexibility index (Phi) is 7.67. The van der Waals surface area contributed by atoms with Gasteiger partial charge in [-0.15, -0.1) is 0 Å². The highest BCUT2D eigenvalue weighted by molar-refractivity contribution is 5.13. The van der Waals surface area contributed by atoms with Crippen LogP contribution in [-0.4, -0.2) is 44.6 Å². The van der Waals surface area contributed by atoms with E-state index >= 15 is 0 Å². The lowest BCUT2D eigenvalue weighted by Gasteiger charge is -2.07. The molecule has 0 spiro atoms. The van der Waals surface area contributed by atoms with Gasteiger partial charge in [-0.05, 0) is 30.9 Å². The second-order valence-electron chi connectivity index (χ2n) is 5.32. The quantitative estimate of drug-likeness (QED) is 0.597. The highest BCUT2D eigenvalue weighted by atomic mass is 16.5. The molecule has 0 atom stereocenters. The predicted octanol–water partition coefficient (Wildman–Crippen LogP) is 1.90. The Balaban J connectivity index is 1.49. The van der Waals surface area contributed by atoms with E-state index in [4.69, 9.17) is 14.2 Å². The van der Waals surface area contributed by atoms with Gasteiger partial charge in [-0.3, -0.25) is 4.98 Å². The van der Waals surface area contributed by atoms with E-state index in [0.717, 1.165) is 37.9 Å². The molecule has 1 saturated carbocycles. The first-order valence-electron chi connectivity index (χ1n) is 7.70. The Labute approximate surface area is 127 Å². The average Bonchev–Trinajstić information content (AvgIpc) is 3.33. The van der Waals surface area contributed by atoms with E-state index in [1.807, 2.05) is 12.3 Å². The fourth-order valence-corrected chi connectivity index (χ4v) is 1.90. The molecule has 0 radical (unpaired) electrons. The van der Waals surface area contributed by atoms with E-state index in [0.29, 0.717) is 19.8 Å². The summed E-state index contributed by atoms with van der Waals surface area (Å²) < 4.78 is 15.9. The Morgan fingerprint density at radius 1 is 1.14 bits per heavy atom. The maximum atomic E-state index is 5.54. The minimum Gasteiger partial charge on any atom is -0.385 e. The smallest absolute Gasteiger partial charge is 0.0889 e. The van der Waals surface area contributed by atoms with Gasteiger partial charge in [0.2, 0.25) is 0 Å². The van der Waals surface area contributed by atoms with Crippen LogP contribution < -0.4 is 5.32 Å². The van der Waals surface area contributed by atoms with E-state index in [2.05, 4.69) is 16.4 Å². The lowest BCUT2D eigenvalue weighted by atomic mass is 10.2. The molecule has 1 aliphatic carbocycles. The number of aromatic nitrogens is 1. The number of nitrogens with zero attached hydrogens (tertiary/aromatic N) is 1. The van der Waals surface area contributed by atoms with Crippen molar-refractivity contribution in [1.29, 1.82) is 0 Å². The zero-order chi connectivity index (χ0) is 14.8. The Bertz CT molecular complexity index is 380. The summed E-state index contributed by atoms with van der Waals surface area (Å²) in [4.78, 5) is 4.41. The van der Waals surface area contributed by atoms with E-state index in [-0.39, 0.29) is 0 Å². The van der Waals surface area contributed by atoms with Gasteiger partial charge in [0.25, 0.3) is 0 Å². The van der Waals surface area contributed by atoms with E-state index in [1.165, 1.54) is 18.4 Å². The van der Waals surface area contributed by atoms with Crippen LogP contribution in [0.5, 0.6) is 0 Å². The fourth-order valence-electron chi connectivity index (χ4n) is 1.90.